The molecule has 6 heterocycles. The minimum absolute atomic E-state index is 0.0666. The van der Waals surface area contributed by atoms with E-state index in [1.54, 1.807) is 0 Å². The van der Waals surface area contributed by atoms with Gasteiger partial charge in [-0.2, -0.15) is 13.2 Å². The summed E-state index contributed by atoms with van der Waals surface area (Å²) in [6.45, 7) is 12.8. The smallest absolute Gasteiger partial charge is 0.425 e. The molecular formula is C44H61Cl2F5N6O2. The van der Waals surface area contributed by atoms with Gasteiger partial charge in [0.2, 0.25) is 0 Å². The highest BCUT2D eigenvalue weighted by atomic mass is 35.5. The summed E-state index contributed by atoms with van der Waals surface area (Å²) in [5.74, 6) is 0. The molecule has 2 aromatic rings. The summed E-state index contributed by atoms with van der Waals surface area (Å²) >= 11 is 12.5. The van der Waals surface area contributed by atoms with Crippen LogP contribution in [0.5, 0.6) is 0 Å². The number of likely N-dealkylation sites (tertiary alicyclic amines) is 3. The summed E-state index contributed by atoms with van der Waals surface area (Å²) in [5, 5.41) is 4.98. The van der Waals surface area contributed by atoms with Crippen molar-refractivity contribution < 1.29 is 31.5 Å². The normalized spacial score (nSPS) is 23.8. The Hall–Kier alpha value is -2.58. The van der Waals surface area contributed by atoms with Crippen LogP contribution in [0.1, 0.15) is 82.3 Å². The molecule has 1 unspecified atom stereocenters. The molecule has 0 radical (unpaired) electrons. The Morgan fingerprint density at radius 1 is 0.729 bits per heavy atom. The van der Waals surface area contributed by atoms with Gasteiger partial charge in [0.25, 0.3) is 0 Å². The Kier molecular flexibility index (Phi) is 14.5. The average molecular weight is 872 g/mol. The summed E-state index contributed by atoms with van der Waals surface area (Å²) in [7, 11) is 0. The zero-order valence-electron chi connectivity index (χ0n) is 34.4. The minimum Gasteiger partial charge on any atom is -0.437 e. The maximum atomic E-state index is 13.6. The molecule has 6 saturated heterocycles. The van der Waals surface area contributed by atoms with Crippen molar-refractivity contribution in [1.82, 2.24) is 20.0 Å². The molecule has 0 aliphatic carbocycles. The van der Waals surface area contributed by atoms with E-state index in [1.807, 2.05) is 24.3 Å². The number of carbonyl (C=O) groups is 1. The van der Waals surface area contributed by atoms with E-state index < -0.39 is 30.7 Å². The topological polar surface area (TPSA) is 54.5 Å². The highest BCUT2D eigenvalue weighted by Crippen LogP contribution is 2.42. The van der Waals surface area contributed by atoms with Gasteiger partial charge in [0.05, 0.1) is 0 Å². The molecule has 0 saturated carbocycles. The van der Waals surface area contributed by atoms with Crippen LogP contribution in [0.25, 0.3) is 0 Å². The molecule has 6 aliphatic heterocycles. The molecule has 6 aliphatic rings. The van der Waals surface area contributed by atoms with Gasteiger partial charge in [-0.15, -0.1) is 0 Å². The quantitative estimate of drug-likeness (QED) is 0.279. The fraction of sp³-hybridized carbons (Fsp3) is 0.705. The monoisotopic (exact) mass is 870 g/mol. The predicted octanol–water partition coefficient (Wildman–Crippen LogP) is 9.51. The number of benzene rings is 2. The molecule has 2 spiro atoms. The third-order valence-electron chi connectivity index (χ3n) is 14.0. The zero-order valence-corrected chi connectivity index (χ0v) is 35.9. The van der Waals surface area contributed by atoms with E-state index in [9.17, 15) is 26.7 Å². The number of alkyl halides is 5. The number of piperidine rings is 4. The Morgan fingerprint density at radius 3 is 1.63 bits per heavy atom. The number of halogens is 7. The molecule has 328 valence electrons. The number of hydrogen-bond donors (Lipinski definition) is 1. The Morgan fingerprint density at radius 2 is 1.19 bits per heavy atom. The van der Waals surface area contributed by atoms with Crippen LogP contribution < -0.4 is 15.1 Å². The molecule has 8 nitrogen and oxygen atoms in total. The molecule has 1 amide bonds. The van der Waals surface area contributed by atoms with Gasteiger partial charge in [0.15, 0.2) is 6.10 Å². The molecule has 1 atom stereocenters. The molecular weight excluding hydrogens is 810 g/mol. The number of rotatable bonds is 7. The summed E-state index contributed by atoms with van der Waals surface area (Å²) in [4.78, 5) is 23.1. The van der Waals surface area contributed by atoms with Crippen molar-refractivity contribution in [2.24, 2.45) is 10.8 Å². The van der Waals surface area contributed by atoms with Gasteiger partial charge in [-0.3, -0.25) is 9.80 Å². The van der Waals surface area contributed by atoms with Crippen LogP contribution in [-0.4, -0.2) is 124 Å². The second-order valence-corrected chi connectivity index (χ2v) is 19.0. The summed E-state index contributed by atoms with van der Waals surface area (Å²) in [6.07, 6.45) is -0.139. The molecule has 8 rings (SSSR count). The molecule has 0 aromatic heterocycles. The van der Waals surface area contributed by atoms with Gasteiger partial charge < -0.3 is 24.8 Å². The van der Waals surface area contributed by atoms with E-state index in [2.05, 4.69) is 41.8 Å². The number of ether oxygens (including phenoxy) is 1. The number of nitrogens with one attached hydrogen (secondary N) is 1. The second kappa shape index (κ2) is 19.2. The van der Waals surface area contributed by atoms with E-state index in [1.165, 1.54) is 61.6 Å². The number of carbonyl (C=O) groups excluding carboxylic acids is 1. The van der Waals surface area contributed by atoms with E-state index in [-0.39, 0.29) is 5.41 Å². The number of hydrogen-bond acceptors (Lipinski definition) is 7. The molecule has 2 aromatic carbocycles. The summed E-state index contributed by atoms with van der Waals surface area (Å²) in [5.41, 5.74) is 5.26. The fourth-order valence-electron chi connectivity index (χ4n) is 9.97. The lowest BCUT2D eigenvalue weighted by Crippen LogP contribution is -2.43. The molecule has 1 N–H and O–H groups in total. The predicted molar refractivity (Wildman–Crippen MR) is 225 cm³/mol. The van der Waals surface area contributed by atoms with E-state index in [4.69, 9.17) is 23.2 Å². The first kappa shape index (κ1) is 44.5. The van der Waals surface area contributed by atoms with Gasteiger partial charge in [-0.25, -0.2) is 13.6 Å². The van der Waals surface area contributed by atoms with Crippen LogP contribution >= 0.6 is 23.2 Å². The molecule has 6 fully saturated rings. The van der Waals surface area contributed by atoms with E-state index in [0.29, 0.717) is 62.3 Å². The number of nitrogens with zero attached hydrogens (tertiary/aromatic N) is 5. The first-order valence-corrected chi connectivity index (χ1v) is 22.5. The minimum atomic E-state index is -4.55. The maximum absolute atomic E-state index is 13.6. The average Bonchev–Trinajstić information content (AvgIpc) is 3.86. The summed E-state index contributed by atoms with van der Waals surface area (Å²) in [6, 6.07) is 12.1. The van der Waals surface area contributed by atoms with Crippen molar-refractivity contribution in [1.29, 1.82) is 0 Å². The second-order valence-electron chi connectivity index (χ2n) is 18.1. The largest absolute Gasteiger partial charge is 0.437 e. The standard InChI is InChI=1S/C24H32ClF4N3O2.C20H29ClFN3/c1-17(24(27,28)29)34-22(33)32-13-8-23(16-32)6-11-30(12-7-23)15-18-2-3-19(25)14-21(18)31-9-4-20(26)5-10-31;21-17-2-1-16(19(13-17)25-9-3-18(22)4-10-25)14-24-11-6-20(7-12-24)5-8-23-15-20/h2-3,14,17,20H,4-13,15-16H2,1H3;1-2,13,18,23H,3-12,14-15H2. The van der Waals surface area contributed by atoms with Crippen LogP contribution in [0.15, 0.2) is 36.4 Å². The van der Waals surface area contributed by atoms with Crippen molar-refractivity contribution in [3.63, 3.8) is 0 Å². The highest BCUT2D eigenvalue weighted by Gasteiger charge is 2.45. The van der Waals surface area contributed by atoms with Crippen LogP contribution in [-0.2, 0) is 17.8 Å². The van der Waals surface area contributed by atoms with E-state index >= 15 is 0 Å². The Bertz CT molecular complexity index is 1700. The fourth-order valence-corrected chi connectivity index (χ4v) is 10.3. The Labute approximate surface area is 356 Å². The lowest BCUT2D eigenvalue weighted by atomic mass is 9.77. The SMILES string of the molecule is CC(OC(=O)N1CCC2(CCN(Cc3ccc(Cl)cc3N3CCC(F)CC3)CC2)C1)C(F)(F)F.FC1CCN(c2cc(Cl)ccc2CN2CCC3(CCNC3)CC2)CC1. The van der Waals surface area contributed by atoms with Crippen LogP contribution in [0.3, 0.4) is 0 Å². The van der Waals surface area contributed by atoms with Gasteiger partial charge in [-0.05, 0) is 150 Å². The molecule has 59 heavy (non-hydrogen) atoms. The first-order valence-electron chi connectivity index (χ1n) is 21.7. The van der Waals surface area contributed by atoms with Gasteiger partial charge in [0.1, 0.15) is 12.3 Å². The van der Waals surface area contributed by atoms with Gasteiger partial charge in [-0.1, -0.05) is 35.3 Å². The van der Waals surface area contributed by atoms with Gasteiger partial charge in [0, 0.05) is 80.3 Å². The van der Waals surface area contributed by atoms with Crippen molar-refractivity contribution in [3.05, 3.63) is 57.6 Å². The highest BCUT2D eigenvalue weighted by molar-refractivity contribution is 6.31. The van der Waals surface area contributed by atoms with E-state index in [0.717, 1.165) is 81.7 Å². The maximum Gasteiger partial charge on any atom is 0.425 e. The van der Waals surface area contributed by atoms with Crippen molar-refractivity contribution in [3.8, 4) is 0 Å². The zero-order chi connectivity index (χ0) is 41.8. The van der Waals surface area contributed by atoms with Crippen LogP contribution in [0.4, 0.5) is 38.1 Å². The first-order chi connectivity index (χ1) is 28.2. The van der Waals surface area contributed by atoms with Crippen molar-refractivity contribution in [2.45, 2.75) is 109 Å². The Balaban J connectivity index is 0.000000187. The lowest BCUT2D eigenvalue weighted by molar-refractivity contribution is -0.199. The number of anilines is 2. The molecule has 15 heteroatoms. The molecule has 0 bridgehead atoms. The lowest BCUT2D eigenvalue weighted by Gasteiger charge is -2.40. The van der Waals surface area contributed by atoms with Gasteiger partial charge >= 0.3 is 12.3 Å². The van der Waals surface area contributed by atoms with Crippen molar-refractivity contribution in [2.75, 3.05) is 88.3 Å². The number of amides is 1. The van der Waals surface area contributed by atoms with Crippen LogP contribution in [0.2, 0.25) is 10.0 Å². The third kappa shape index (κ3) is 11.5. The third-order valence-corrected chi connectivity index (χ3v) is 14.5. The van der Waals surface area contributed by atoms with Crippen molar-refractivity contribution >= 4 is 40.7 Å². The van der Waals surface area contributed by atoms with Crippen LogP contribution in [0, 0.1) is 10.8 Å². The summed E-state index contributed by atoms with van der Waals surface area (Å²) < 4.78 is 69.9.